The second-order valence-corrected chi connectivity index (χ2v) is 6.86. The Morgan fingerprint density at radius 2 is 1.96 bits per heavy atom. The summed E-state index contributed by atoms with van der Waals surface area (Å²) in [4.78, 5) is 32.4. The van der Waals surface area contributed by atoms with Crippen molar-refractivity contribution >= 4 is 39.1 Å². The number of H-pyrrole nitrogens is 1. The van der Waals surface area contributed by atoms with E-state index in [9.17, 15) is 14.0 Å². The maximum Gasteiger partial charge on any atom is 0.256 e. The van der Waals surface area contributed by atoms with Gasteiger partial charge in [0, 0.05) is 16.5 Å². The van der Waals surface area contributed by atoms with Crippen LogP contribution in [0.4, 0.5) is 9.39 Å². The van der Waals surface area contributed by atoms with Gasteiger partial charge in [-0.3, -0.25) is 9.59 Å². The van der Waals surface area contributed by atoms with Crippen LogP contribution in [0.3, 0.4) is 0 Å². The Hall–Kier alpha value is -3.32. The molecule has 2 aromatic heterocycles. The fraction of sp³-hybridized carbons (Fsp3) is 0.0500. The SMILES string of the molecule is CC(=O)c1c(-c2nc3ccccc3[nH]2)csc1NC(=O)c1cccc(F)c1. The molecule has 0 aliphatic rings. The Kier molecular flexibility index (Phi) is 4.29. The van der Waals surface area contributed by atoms with Gasteiger partial charge in [-0.1, -0.05) is 18.2 Å². The van der Waals surface area contributed by atoms with Gasteiger partial charge in [0.15, 0.2) is 5.78 Å². The number of carbonyl (C=O) groups is 2. The standard InChI is InChI=1S/C20H14FN3O2S/c1-11(25)17-14(18-22-15-7-2-3-8-16(15)23-18)10-27-20(17)24-19(26)12-5-4-6-13(21)9-12/h2-10H,1H3,(H,22,23)(H,24,26). The van der Waals surface area contributed by atoms with Crippen molar-refractivity contribution in [1.82, 2.24) is 9.97 Å². The van der Waals surface area contributed by atoms with E-state index in [1.165, 1.54) is 36.5 Å². The van der Waals surface area contributed by atoms with Crippen LogP contribution in [-0.2, 0) is 0 Å². The fourth-order valence-electron chi connectivity index (χ4n) is 2.86. The first-order valence-corrected chi connectivity index (χ1v) is 9.05. The number of benzene rings is 2. The number of nitrogens with zero attached hydrogens (tertiary/aromatic N) is 1. The van der Waals surface area contributed by atoms with Crippen LogP contribution in [0.25, 0.3) is 22.4 Å². The minimum atomic E-state index is -0.497. The maximum absolute atomic E-state index is 13.4. The molecule has 2 aromatic carbocycles. The summed E-state index contributed by atoms with van der Waals surface area (Å²) in [6.07, 6.45) is 0. The van der Waals surface area contributed by atoms with E-state index in [1.54, 1.807) is 5.38 Å². The number of thiophene rings is 1. The Morgan fingerprint density at radius 1 is 1.15 bits per heavy atom. The van der Waals surface area contributed by atoms with E-state index in [0.717, 1.165) is 17.1 Å². The number of aromatic nitrogens is 2. The van der Waals surface area contributed by atoms with Crippen molar-refractivity contribution in [1.29, 1.82) is 0 Å². The van der Waals surface area contributed by atoms with Crippen LogP contribution >= 0.6 is 11.3 Å². The van der Waals surface area contributed by atoms with E-state index in [0.29, 0.717) is 22.0 Å². The minimum absolute atomic E-state index is 0.184. The Labute approximate surface area is 157 Å². The number of ketones is 1. The van der Waals surface area contributed by atoms with Gasteiger partial charge < -0.3 is 10.3 Å². The highest BCUT2D eigenvalue weighted by atomic mass is 32.1. The average Bonchev–Trinajstić information content (AvgIpc) is 3.25. The maximum atomic E-state index is 13.4. The molecule has 0 radical (unpaired) electrons. The first-order valence-electron chi connectivity index (χ1n) is 8.17. The van der Waals surface area contributed by atoms with Crippen molar-refractivity contribution in [3.8, 4) is 11.4 Å². The number of imidazole rings is 1. The Bertz CT molecular complexity index is 1150. The highest BCUT2D eigenvalue weighted by Crippen LogP contribution is 2.35. The third-order valence-electron chi connectivity index (χ3n) is 4.10. The van der Waals surface area contributed by atoms with Crippen LogP contribution in [0.5, 0.6) is 0 Å². The number of hydrogen-bond donors (Lipinski definition) is 2. The average molecular weight is 379 g/mol. The number of Topliss-reactive ketones (excluding diaryl/α,β-unsaturated/α-hetero) is 1. The summed E-state index contributed by atoms with van der Waals surface area (Å²) in [6.45, 7) is 1.44. The largest absolute Gasteiger partial charge is 0.338 e. The number of para-hydroxylation sites is 2. The fourth-order valence-corrected chi connectivity index (χ4v) is 3.85. The van der Waals surface area contributed by atoms with Crippen molar-refractivity contribution in [2.75, 3.05) is 5.32 Å². The second kappa shape index (κ2) is 6.77. The summed E-state index contributed by atoms with van der Waals surface area (Å²) >= 11 is 1.23. The zero-order valence-corrected chi connectivity index (χ0v) is 15.1. The molecule has 7 heteroatoms. The van der Waals surface area contributed by atoms with Gasteiger partial charge >= 0.3 is 0 Å². The minimum Gasteiger partial charge on any atom is -0.338 e. The number of carbonyl (C=O) groups excluding carboxylic acids is 2. The van der Waals surface area contributed by atoms with Crippen LogP contribution in [0.1, 0.15) is 27.6 Å². The lowest BCUT2D eigenvalue weighted by molar-refractivity contribution is 0.101. The molecule has 134 valence electrons. The van der Waals surface area contributed by atoms with E-state index >= 15 is 0 Å². The van der Waals surface area contributed by atoms with Gasteiger partial charge in [-0.2, -0.15) is 0 Å². The smallest absolute Gasteiger partial charge is 0.256 e. The number of anilines is 1. The summed E-state index contributed by atoms with van der Waals surface area (Å²) in [5, 5.41) is 4.89. The Balaban J connectivity index is 1.72. The molecule has 2 N–H and O–H groups in total. The topological polar surface area (TPSA) is 74.8 Å². The lowest BCUT2D eigenvalue weighted by atomic mass is 10.1. The lowest BCUT2D eigenvalue weighted by Crippen LogP contribution is -2.13. The number of nitrogens with one attached hydrogen (secondary N) is 2. The predicted octanol–water partition coefficient (Wildman–Crippen LogP) is 4.89. The lowest BCUT2D eigenvalue weighted by Gasteiger charge is -2.06. The Morgan fingerprint density at radius 3 is 2.70 bits per heavy atom. The number of amides is 1. The van der Waals surface area contributed by atoms with Crippen LogP contribution < -0.4 is 5.32 Å². The molecular weight excluding hydrogens is 365 g/mol. The number of hydrogen-bond acceptors (Lipinski definition) is 4. The molecule has 2 heterocycles. The quantitative estimate of drug-likeness (QED) is 0.496. The third kappa shape index (κ3) is 3.24. The van der Waals surface area contributed by atoms with E-state index in [-0.39, 0.29) is 11.3 Å². The molecule has 1 amide bonds. The molecule has 0 fully saturated rings. The van der Waals surface area contributed by atoms with Crippen LogP contribution in [0, 0.1) is 5.82 Å². The summed E-state index contributed by atoms with van der Waals surface area (Å²) < 4.78 is 13.4. The van der Waals surface area contributed by atoms with E-state index in [1.807, 2.05) is 24.3 Å². The van der Waals surface area contributed by atoms with Gasteiger partial charge in [0.05, 0.1) is 16.6 Å². The molecule has 5 nitrogen and oxygen atoms in total. The van der Waals surface area contributed by atoms with Gasteiger partial charge in [-0.15, -0.1) is 11.3 Å². The summed E-state index contributed by atoms with van der Waals surface area (Å²) in [5.74, 6) is -0.608. The van der Waals surface area contributed by atoms with Gasteiger partial charge in [0.2, 0.25) is 0 Å². The molecule has 4 rings (SSSR count). The van der Waals surface area contributed by atoms with Gasteiger partial charge in [0.25, 0.3) is 5.91 Å². The monoisotopic (exact) mass is 379 g/mol. The number of halogens is 1. The zero-order valence-electron chi connectivity index (χ0n) is 14.2. The van der Waals surface area contributed by atoms with Crippen LogP contribution in [0.15, 0.2) is 53.9 Å². The molecule has 0 bridgehead atoms. The van der Waals surface area contributed by atoms with Crippen molar-refractivity contribution in [3.05, 3.63) is 70.9 Å². The molecule has 0 saturated heterocycles. The molecule has 27 heavy (non-hydrogen) atoms. The first kappa shape index (κ1) is 17.1. The van der Waals surface area contributed by atoms with Gasteiger partial charge in [0.1, 0.15) is 16.6 Å². The van der Waals surface area contributed by atoms with Gasteiger partial charge in [-0.25, -0.2) is 9.37 Å². The van der Waals surface area contributed by atoms with Crippen molar-refractivity contribution in [2.45, 2.75) is 6.92 Å². The summed E-state index contributed by atoms with van der Waals surface area (Å²) in [5.41, 5.74) is 2.84. The van der Waals surface area contributed by atoms with E-state index in [2.05, 4.69) is 15.3 Å². The number of fused-ring (bicyclic) bond motifs is 1. The molecule has 0 aliphatic carbocycles. The highest BCUT2D eigenvalue weighted by Gasteiger charge is 2.21. The molecule has 0 atom stereocenters. The van der Waals surface area contributed by atoms with Gasteiger partial charge in [-0.05, 0) is 37.3 Å². The van der Waals surface area contributed by atoms with Crippen molar-refractivity contribution < 1.29 is 14.0 Å². The highest BCUT2D eigenvalue weighted by molar-refractivity contribution is 7.15. The van der Waals surface area contributed by atoms with Crippen LogP contribution in [-0.4, -0.2) is 21.7 Å². The predicted molar refractivity (Wildman–Crippen MR) is 104 cm³/mol. The number of rotatable bonds is 4. The normalized spacial score (nSPS) is 10.9. The van der Waals surface area contributed by atoms with E-state index < -0.39 is 11.7 Å². The summed E-state index contributed by atoms with van der Waals surface area (Å²) in [6, 6.07) is 13.0. The molecule has 0 saturated carbocycles. The van der Waals surface area contributed by atoms with Crippen molar-refractivity contribution in [2.24, 2.45) is 0 Å². The van der Waals surface area contributed by atoms with E-state index in [4.69, 9.17) is 0 Å². The number of aromatic amines is 1. The molecule has 0 unspecified atom stereocenters. The molecule has 4 aromatic rings. The molecule has 0 aliphatic heterocycles. The van der Waals surface area contributed by atoms with Crippen LogP contribution in [0.2, 0.25) is 0 Å². The zero-order chi connectivity index (χ0) is 19.0. The summed E-state index contributed by atoms with van der Waals surface area (Å²) in [7, 11) is 0. The molecule has 0 spiro atoms. The van der Waals surface area contributed by atoms with Crippen molar-refractivity contribution in [3.63, 3.8) is 0 Å². The third-order valence-corrected chi connectivity index (χ3v) is 5.00. The second-order valence-electron chi connectivity index (χ2n) is 5.98. The first-order chi connectivity index (χ1) is 13.0. The molecular formula is C20H14FN3O2S.